The van der Waals surface area contributed by atoms with E-state index in [9.17, 15) is 14.7 Å². The molecular formula is C20H15BrN2O4. The standard InChI is InChI=1S/C20H15BrN2O4/c21-15-5-8-18(17(10-15)20(25)26)23-19(24)14-3-6-16(7-4-14)27-12-13-2-1-9-22-11-13/h1-11H,12H2,(H,23,24)(H,25,26). The van der Waals surface area contributed by atoms with E-state index in [-0.39, 0.29) is 11.3 Å². The van der Waals surface area contributed by atoms with E-state index in [2.05, 4.69) is 26.2 Å². The van der Waals surface area contributed by atoms with Crippen molar-refractivity contribution in [2.45, 2.75) is 6.61 Å². The van der Waals surface area contributed by atoms with Crippen LogP contribution in [0.15, 0.2) is 71.5 Å². The predicted octanol–water partition coefficient (Wildman–Crippen LogP) is 4.37. The minimum absolute atomic E-state index is 0.00847. The van der Waals surface area contributed by atoms with Gasteiger partial charge in [-0.2, -0.15) is 0 Å². The molecule has 3 aromatic rings. The molecule has 27 heavy (non-hydrogen) atoms. The predicted molar refractivity (Wildman–Crippen MR) is 104 cm³/mol. The zero-order valence-corrected chi connectivity index (χ0v) is 15.6. The van der Waals surface area contributed by atoms with Crippen LogP contribution < -0.4 is 10.1 Å². The molecule has 0 saturated carbocycles. The molecule has 0 aliphatic heterocycles. The number of hydrogen-bond acceptors (Lipinski definition) is 4. The van der Waals surface area contributed by atoms with Crippen molar-refractivity contribution in [3.8, 4) is 5.75 Å². The van der Waals surface area contributed by atoms with Crippen LogP contribution in [0.3, 0.4) is 0 Å². The number of ether oxygens (including phenoxy) is 1. The van der Waals surface area contributed by atoms with E-state index in [0.29, 0.717) is 22.4 Å². The number of carbonyl (C=O) groups is 2. The van der Waals surface area contributed by atoms with E-state index >= 15 is 0 Å². The number of hydrogen-bond donors (Lipinski definition) is 2. The maximum absolute atomic E-state index is 12.4. The molecular weight excluding hydrogens is 412 g/mol. The highest BCUT2D eigenvalue weighted by atomic mass is 79.9. The lowest BCUT2D eigenvalue weighted by atomic mass is 10.1. The molecule has 2 N–H and O–H groups in total. The quantitative estimate of drug-likeness (QED) is 0.610. The Balaban J connectivity index is 1.67. The highest BCUT2D eigenvalue weighted by Gasteiger charge is 2.14. The molecule has 136 valence electrons. The molecule has 0 bridgehead atoms. The Bertz CT molecular complexity index is 959. The topological polar surface area (TPSA) is 88.5 Å². The van der Waals surface area contributed by atoms with E-state index in [1.54, 1.807) is 42.7 Å². The normalized spacial score (nSPS) is 10.3. The first-order valence-electron chi connectivity index (χ1n) is 7.99. The van der Waals surface area contributed by atoms with Crippen LogP contribution in [0, 0.1) is 0 Å². The van der Waals surface area contributed by atoms with Gasteiger partial charge in [-0.25, -0.2) is 4.79 Å². The molecule has 0 unspecified atom stereocenters. The molecule has 1 aromatic heterocycles. The summed E-state index contributed by atoms with van der Waals surface area (Å²) in [5.74, 6) is -0.908. The molecule has 7 heteroatoms. The van der Waals surface area contributed by atoms with Crippen LogP contribution >= 0.6 is 15.9 Å². The van der Waals surface area contributed by atoms with Crippen molar-refractivity contribution in [1.29, 1.82) is 0 Å². The zero-order chi connectivity index (χ0) is 19.2. The number of benzene rings is 2. The van der Waals surface area contributed by atoms with E-state index in [4.69, 9.17) is 4.74 Å². The molecule has 1 heterocycles. The maximum Gasteiger partial charge on any atom is 0.337 e. The fraction of sp³-hybridized carbons (Fsp3) is 0.0500. The van der Waals surface area contributed by atoms with Gasteiger partial charge in [0, 0.05) is 28.0 Å². The summed E-state index contributed by atoms with van der Waals surface area (Å²) in [6.45, 7) is 0.375. The van der Waals surface area contributed by atoms with Crippen molar-refractivity contribution in [2.24, 2.45) is 0 Å². The highest BCUT2D eigenvalue weighted by molar-refractivity contribution is 9.10. The van der Waals surface area contributed by atoms with Gasteiger partial charge < -0.3 is 15.2 Å². The number of rotatable bonds is 6. The molecule has 1 amide bonds. The molecule has 0 atom stereocenters. The van der Waals surface area contributed by atoms with Crippen LogP contribution in [0.2, 0.25) is 0 Å². The number of carboxylic acid groups (broad SMARTS) is 1. The van der Waals surface area contributed by atoms with E-state index in [1.807, 2.05) is 12.1 Å². The summed E-state index contributed by atoms with van der Waals surface area (Å²) in [5.41, 5.74) is 1.57. The molecule has 0 radical (unpaired) electrons. The van der Waals surface area contributed by atoms with Gasteiger partial charge in [-0.05, 0) is 48.5 Å². The van der Waals surface area contributed by atoms with Crippen molar-refractivity contribution in [3.05, 3.63) is 88.2 Å². The molecule has 0 fully saturated rings. The SMILES string of the molecule is O=C(Nc1ccc(Br)cc1C(=O)O)c1ccc(OCc2cccnc2)cc1. The van der Waals surface area contributed by atoms with Crippen LogP contribution in [-0.4, -0.2) is 22.0 Å². The van der Waals surface area contributed by atoms with Crippen LogP contribution in [0.5, 0.6) is 5.75 Å². The highest BCUT2D eigenvalue weighted by Crippen LogP contribution is 2.22. The van der Waals surface area contributed by atoms with Gasteiger partial charge in [0.05, 0.1) is 11.3 Å². The smallest absolute Gasteiger partial charge is 0.337 e. The van der Waals surface area contributed by atoms with Gasteiger partial charge in [0.15, 0.2) is 0 Å². The van der Waals surface area contributed by atoms with Crippen molar-refractivity contribution >= 4 is 33.5 Å². The Morgan fingerprint density at radius 1 is 1.11 bits per heavy atom. The lowest BCUT2D eigenvalue weighted by Crippen LogP contribution is -2.14. The van der Waals surface area contributed by atoms with Gasteiger partial charge in [0.2, 0.25) is 0 Å². The summed E-state index contributed by atoms with van der Waals surface area (Å²) in [6, 6.07) is 15.0. The first-order valence-corrected chi connectivity index (χ1v) is 8.78. The molecule has 6 nitrogen and oxygen atoms in total. The van der Waals surface area contributed by atoms with Crippen LogP contribution in [0.1, 0.15) is 26.3 Å². The minimum Gasteiger partial charge on any atom is -0.489 e. The maximum atomic E-state index is 12.4. The van der Waals surface area contributed by atoms with E-state index in [0.717, 1.165) is 5.56 Å². The second kappa shape index (κ2) is 8.46. The van der Waals surface area contributed by atoms with Crippen molar-refractivity contribution in [3.63, 3.8) is 0 Å². The first kappa shape index (κ1) is 18.6. The number of pyridine rings is 1. The number of carboxylic acids is 1. The van der Waals surface area contributed by atoms with Gasteiger partial charge in [0.25, 0.3) is 5.91 Å². The summed E-state index contributed by atoms with van der Waals surface area (Å²) < 4.78 is 6.27. The lowest BCUT2D eigenvalue weighted by molar-refractivity contribution is 0.0698. The van der Waals surface area contributed by atoms with Crippen molar-refractivity contribution in [1.82, 2.24) is 4.98 Å². The zero-order valence-electron chi connectivity index (χ0n) is 14.1. The number of nitrogens with one attached hydrogen (secondary N) is 1. The number of carbonyl (C=O) groups excluding carboxylic acids is 1. The van der Waals surface area contributed by atoms with Gasteiger partial charge in [-0.3, -0.25) is 9.78 Å². The molecule has 0 saturated heterocycles. The summed E-state index contributed by atoms with van der Waals surface area (Å²) >= 11 is 3.22. The molecule has 0 aliphatic rings. The average Bonchev–Trinajstić information content (AvgIpc) is 2.68. The third kappa shape index (κ3) is 4.92. The summed E-state index contributed by atoms with van der Waals surface area (Å²) in [4.78, 5) is 27.8. The van der Waals surface area contributed by atoms with E-state index in [1.165, 1.54) is 12.1 Å². The number of amides is 1. The fourth-order valence-electron chi connectivity index (χ4n) is 2.35. The Hall–Kier alpha value is -3.19. The van der Waals surface area contributed by atoms with Crippen molar-refractivity contribution < 1.29 is 19.4 Å². The van der Waals surface area contributed by atoms with E-state index < -0.39 is 11.9 Å². The van der Waals surface area contributed by atoms with Crippen LogP contribution in [0.4, 0.5) is 5.69 Å². The minimum atomic E-state index is -1.12. The third-order valence-corrected chi connectivity index (χ3v) is 4.20. The summed E-state index contributed by atoms with van der Waals surface area (Å²) in [6.07, 6.45) is 3.41. The van der Waals surface area contributed by atoms with Gasteiger partial charge in [-0.1, -0.05) is 22.0 Å². The second-order valence-corrected chi connectivity index (χ2v) is 6.54. The average molecular weight is 427 g/mol. The Kier molecular flexibility index (Phi) is 5.83. The molecule has 3 rings (SSSR count). The fourth-order valence-corrected chi connectivity index (χ4v) is 2.71. The lowest BCUT2D eigenvalue weighted by Gasteiger charge is -2.10. The largest absolute Gasteiger partial charge is 0.489 e. The number of nitrogens with zero attached hydrogens (tertiary/aromatic N) is 1. The third-order valence-electron chi connectivity index (χ3n) is 3.71. The monoisotopic (exact) mass is 426 g/mol. The van der Waals surface area contributed by atoms with Gasteiger partial charge in [-0.15, -0.1) is 0 Å². The van der Waals surface area contributed by atoms with Crippen LogP contribution in [0.25, 0.3) is 0 Å². The Morgan fingerprint density at radius 3 is 2.56 bits per heavy atom. The number of anilines is 1. The van der Waals surface area contributed by atoms with Gasteiger partial charge in [0.1, 0.15) is 12.4 Å². The molecule has 0 aliphatic carbocycles. The summed E-state index contributed by atoms with van der Waals surface area (Å²) in [7, 11) is 0. The first-order chi connectivity index (χ1) is 13.0. The number of aromatic carboxylic acids is 1. The second-order valence-electron chi connectivity index (χ2n) is 5.62. The molecule has 0 spiro atoms. The molecule has 2 aromatic carbocycles. The van der Waals surface area contributed by atoms with Crippen LogP contribution in [-0.2, 0) is 6.61 Å². The van der Waals surface area contributed by atoms with Gasteiger partial charge >= 0.3 is 5.97 Å². The number of aromatic nitrogens is 1. The summed E-state index contributed by atoms with van der Waals surface area (Å²) in [5, 5.41) is 11.9. The Morgan fingerprint density at radius 2 is 1.89 bits per heavy atom. The number of halogens is 1. The Labute approximate surface area is 164 Å². The van der Waals surface area contributed by atoms with Crippen molar-refractivity contribution in [2.75, 3.05) is 5.32 Å².